The van der Waals surface area contributed by atoms with E-state index in [4.69, 9.17) is 4.74 Å². The molecule has 0 aliphatic rings. The maximum Gasteiger partial charge on any atom is 0.279 e. The lowest BCUT2D eigenvalue weighted by Gasteiger charge is -2.07. The van der Waals surface area contributed by atoms with Crippen molar-refractivity contribution in [2.75, 3.05) is 7.11 Å². The van der Waals surface area contributed by atoms with Crippen LogP contribution in [0.3, 0.4) is 0 Å². The second-order valence-electron chi connectivity index (χ2n) is 5.55. The van der Waals surface area contributed by atoms with Crippen LogP contribution in [-0.4, -0.2) is 17.6 Å². The van der Waals surface area contributed by atoms with Crippen LogP contribution in [0.15, 0.2) is 59.6 Å². The van der Waals surface area contributed by atoms with Gasteiger partial charge in [0.2, 0.25) is 0 Å². The molecule has 0 N–H and O–H groups in total. The van der Waals surface area contributed by atoms with Crippen molar-refractivity contribution in [3.63, 3.8) is 0 Å². The van der Waals surface area contributed by atoms with Gasteiger partial charge in [0.25, 0.3) is 5.91 Å². The summed E-state index contributed by atoms with van der Waals surface area (Å²) in [4.78, 5) is 18.8. The number of amides is 1. The van der Waals surface area contributed by atoms with Gasteiger partial charge in [0.05, 0.1) is 12.8 Å². The van der Waals surface area contributed by atoms with Crippen molar-refractivity contribution in [3.8, 4) is 17.0 Å². The molecule has 1 amide bonds. The third-order valence-corrected chi connectivity index (χ3v) is 4.95. The van der Waals surface area contributed by atoms with E-state index in [1.54, 1.807) is 25.3 Å². The lowest BCUT2D eigenvalue weighted by molar-refractivity contribution is 0.0997. The fraction of sp³-hybridized carbons (Fsp3) is 0.200. The smallest absolute Gasteiger partial charge is 0.279 e. The number of aryl methyl sites for hydroxylation is 1. The predicted octanol–water partition coefficient (Wildman–Crippen LogP) is 4.29. The van der Waals surface area contributed by atoms with E-state index >= 15 is 0 Å². The molecule has 128 valence electrons. The fourth-order valence-corrected chi connectivity index (χ4v) is 3.82. The molecule has 3 aromatic rings. The van der Waals surface area contributed by atoms with Gasteiger partial charge in [-0.2, -0.15) is 4.99 Å². The van der Waals surface area contributed by atoms with Gasteiger partial charge < -0.3 is 9.30 Å². The summed E-state index contributed by atoms with van der Waals surface area (Å²) in [5, 5.41) is 0. The zero-order valence-corrected chi connectivity index (χ0v) is 15.3. The minimum Gasteiger partial charge on any atom is -0.497 e. The normalized spacial score (nSPS) is 11.6. The number of rotatable bonds is 4. The Morgan fingerprint density at radius 2 is 1.92 bits per heavy atom. The molecule has 0 unspecified atom stereocenters. The third-order valence-electron chi connectivity index (χ3n) is 3.96. The van der Waals surface area contributed by atoms with Gasteiger partial charge in [0.1, 0.15) is 5.75 Å². The topological polar surface area (TPSA) is 43.6 Å². The molecule has 25 heavy (non-hydrogen) atoms. The number of carbonyl (C=O) groups is 1. The largest absolute Gasteiger partial charge is 0.497 e. The number of nitrogens with zero attached hydrogens (tertiary/aromatic N) is 2. The quantitative estimate of drug-likeness (QED) is 0.703. The summed E-state index contributed by atoms with van der Waals surface area (Å²) in [5.74, 6) is 0.388. The Hall–Kier alpha value is -2.66. The molecule has 0 fully saturated rings. The van der Waals surface area contributed by atoms with Gasteiger partial charge in [-0.1, -0.05) is 36.4 Å². The van der Waals surface area contributed by atoms with Gasteiger partial charge in [-0.15, -0.1) is 11.3 Å². The maximum absolute atomic E-state index is 12.6. The number of methoxy groups -OCH3 is 1. The number of benzene rings is 2. The molecule has 0 aliphatic carbocycles. The van der Waals surface area contributed by atoms with Crippen LogP contribution in [0.2, 0.25) is 0 Å². The summed E-state index contributed by atoms with van der Waals surface area (Å²) in [6, 6.07) is 17.3. The number of hydrogen-bond donors (Lipinski definition) is 0. The summed E-state index contributed by atoms with van der Waals surface area (Å²) in [6.45, 7) is 4.88. The maximum atomic E-state index is 12.6. The van der Waals surface area contributed by atoms with Crippen molar-refractivity contribution in [1.82, 2.24) is 4.57 Å². The van der Waals surface area contributed by atoms with Gasteiger partial charge in [-0.25, -0.2) is 0 Å². The molecular formula is C20H20N2O2S. The van der Waals surface area contributed by atoms with Crippen molar-refractivity contribution in [1.29, 1.82) is 0 Å². The Labute approximate surface area is 151 Å². The van der Waals surface area contributed by atoms with E-state index in [9.17, 15) is 4.79 Å². The van der Waals surface area contributed by atoms with Crippen LogP contribution in [0.1, 0.15) is 22.2 Å². The van der Waals surface area contributed by atoms with Crippen LogP contribution < -0.4 is 9.54 Å². The fourth-order valence-electron chi connectivity index (χ4n) is 2.77. The summed E-state index contributed by atoms with van der Waals surface area (Å²) >= 11 is 1.54. The Kier molecular flexibility index (Phi) is 5.14. The highest BCUT2D eigenvalue weighted by atomic mass is 32.1. The SMILES string of the molecule is CCn1c(-c2ccccc2)c(C)sc1=NC(=O)c1cccc(OC)c1. The van der Waals surface area contributed by atoms with Crippen molar-refractivity contribution in [3.05, 3.63) is 69.8 Å². The van der Waals surface area contributed by atoms with E-state index in [1.807, 2.05) is 24.3 Å². The van der Waals surface area contributed by atoms with Crippen LogP contribution in [-0.2, 0) is 6.54 Å². The minimum atomic E-state index is -0.262. The standard InChI is InChI=1S/C20H20N2O2S/c1-4-22-18(15-9-6-5-7-10-15)14(2)25-20(22)21-19(23)16-11-8-12-17(13-16)24-3/h5-13H,4H2,1-3H3. The second kappa shape index (κ2) is 7.49. The number of thiazole rings is 1. The van der Waals surface area contributed by atoms with E-state index < -0.39 is 0 Å². The first-order chi connectivity index (χ1) is 12.1. The van der Waals surface area contributed by atoms with Gasteiger partial charge in [0, 0.05) is 17.0 Å². The molecule has 0 atom stereocenters. The van der Waals surface area contributed by atoms with Crippen LogP contribution >= 0.6 is 11.3 Å². The molecule has 0 aliphatic heterocycles. The van der Waals surface area contributed by atoms with Crippen molar-refractivity contribution in [2.45, 2.75) is 20.4 Å². The number of hydrogen-bond acceptors (Lipinski definition) is 3. The molecule has 4 nitrogen and oxygen atoms in total. The molecule has 0 bridgehead atoms. The van der Waals surface area contributed by atoms with Crippen molar-refractivity contribution >= 4 is 17.2 Å². The van der Waals surface area contributed by atoms with Gasteiger partial charge in [0.15, 0.2) is 4.80 Å². The van der Waals surface area contributed by atoms with Crippen LogP contribution in [0.4, 0.5) is 0 Å². The molecule has 1 heterocycles. The summed E-state index contributed by atoms with van der Waals surface area (Å²) in [6.07, 6.45) is 0. The Morgan fingerprint density at radius 3 is 2.60 bits per heavy atom. The highest BCUT2D eigenvalue weighted by Gasteiger charge is 2.13. The average Bonchev–Trinajstić information content (AvgIpc) is 2.97. The summed E-state index contributed by atoms with van der Waals surface area (Å²) < 4.78 is 7.28. The molecular weight excluding hydrogens is 332 g/mol. The van der Waals surface area contributed by atoms with E-state index in [2.05, 4.69) is 35.5 Å². The molecule has 3 rings (SSSR count). The van der Waals surface area contributed by atoms with Gasteiger partial charge in [-0.05, 0) is 37.6 Å². The van der Waals surface area contributed by atoms with E-state index in [-0.39, 0.29) is 5.91 Å². The first-order valence-electron chi connectivity index (χ1n) is 8.12. The minimum absolute atomic E-state index is 0.262. The molecule has 0 saturated carbocycles. The van der Waals surface area contributed by atoms with Crippen molar-refractivity contribution < 1.29 is 9.53 Å². The first kappa shape index (κ1) is 17.2. The van der Waals surface area contributed by atoms with Gasteiger partial charge >= 0.3 is 0 Å². The first-order valence-corrected chi connectivity index (χ1v) is 8.94. The highest BCUT2D eigenvalue weighted by molar-refractivity contribution is 7.09. The van der Waals surface area contributed by atoms with E-state index in [0.29, 0.717) is 16.1 Å². The molecule has 0 saturated heterocycles. The lowest BCUT2D eigenvalue weighted by atomic mass is 10.1. The molecule has 0 spiro atoms. The zero-order valence-electron chi connectivity index (χ0n) is 14.5. The summed E-state index contributed by atoms with van der Waals surface area (Å²) in [5.41, 5.74) is 2.77. The average molecular weight is 352 g/mol. The Balaban J connectivity index is 2.08. The highest BCUT2D eigenvalue weighted by Crippen LogP contribution is 2.25. The second-order valence-corrected chi connectivity index (χ2v) is 6.73. The Morgan fingerprint density at radius 1 is 1.16 bits per heavy atom. The zero-order chi connectivity index (χ0) is 17.8. The molecule has 0 radical (unpaired) electrons. The third kappa shape index (κ3) is 3.56. The van der Waals surface area contributed by atoms with Crippen LogP contribution in [0.5, 0.6) is 5.75 Å². The molecule has 1 aromatic heterocycles. The number of aromatic nitrogens is 1. The van der Waals surface area contributed by atoms with Gasteiger partial charge in [-0.3, -0.25) is 4.79 Å². The van der Waals surface area contributed by atoms with E-state index in [1.165, 1.54) is 11.3 Å². The Bertz CT molecular complexity index is 955. The van der Waals surface area contributed by atoms with Crippen molar-refractivity contribution in [2.24, 2.45) is 4.99 Å². The summed E-state index contributed by atoms with van der Waals surface area (Å²) in [7, 11) is 1.58. The van der Waals surface area contributed by atoms with E-state index in [0.717, 1.165) is 22.7 Å². The molecule has 5 heteroatoms. The number of carbonyl (C=O) groups excluding carboxylic acids is 1. The van der Waals surface area contributed by atoms with Crippen LogP contribution in [0.25, 0.3) is 11.3 Å². The predicted molar refractivity (Wildman–Crippen MR) is 101 cm³/mol. The monoisotopic (exact) mass is 352 g/mol. The number of ether oxygens (including phenoxy) is 1. The molecule has 2 aromatic carbocycles. The van der Waals surface area contributed by atoms with Crippen LogP contribution in [0, 0.1) is 6.92 Å². The lowest BCUT2D eigenvalue weighted by Crippen LogP contribution is -2.17.